The summed E-state index contributed by atoms with van der Waals surface area (Å²) in [4.78, 5) is 19.2. The molecule has 29 heavy (non-hydrogen) atoms. The van der Waals surface area contributed by atoms with Crippen LogP contribution < -0.4 is 0 Å². The molecule has 0 aliphatic rings. The molecule has 0 aliphatic carbocycles. The maximum Gasteiger partial charge on any atom is 0.223 e. The predicted molar refractivity (Wildman–Crippen MR) is 117 cm³/mol. The number of nitrogens with zero attached hydrogens (tertiary/aromatic N) is 3. The minimum Gasteiger partial charge on any atom is -0.341 e. The summed E-state index contributed by atoms with van der Waals surface area (Å²) in [5.74, 6) is 0.952. The Hall–Kier alpha value is -3.11. The number of rotatable bonds is 6. The Bertz CT molecular complexity index is 1140. The zero-order chi connectivity index (χ0) is 20.2. The van der Waals surface area contributed by atoms with Crippen molar-refractivity contribution >= 4 is 28.5 Å². The number of aromatic nitrogens is 2. The van der Waals surface area contributed by atoms with Gasteiger partial charge >= 0.3 is 0 Å². The van der Waals surface area contributed by atoms with Crippen molar-refractivity contribution in [2.75, 3.05) is 7.05 Å². The van der Waals surface area contributed by atoms with Crippen LogP contribution in [0.25, 0.3) is 16.7 Å². The Morgan fingerprint density at radius 3 is 2.45 bits per heavy atom. The molecule has 4 aromatic rings. The fraction of sp³-hybridized carbons (Fsp3) is 0.167. The van der Waals surface area contributed by atoms with E-state index in [1.54, 1.807) is 4.90 Å². The molecule has 3 aromatic carbocycles. The van der Waals surface area contributed by atoms with E-state index in [2.05, 4.69) is 22.8 Å². The van der Waals surface area contributed by atoms with E-state index >= 15 is 0 Å². The maximum atomic E-state index is 12.7. The molecule has 146 valence electrons. The molecule has 4 nitrogen and oxygen atoms in total. The van der Waals surface area contributed by atoms with Crippen LogP contribution in [0.3, 0.4) is 0 Å². The number of halogens is 1. The molecule has 0 unspecified atom stereocenters. The smallest absolute Gasteiger partial charge is 0.223 e. The van der Waals surface area contributed by atoms with E-state index in [1.807, 2.05) is 67.7 Å². The third-order valence-corrected chi connectivity index (χ3v) is 5.37. The molecule has 0 spiro atoms. The fourth-order valence-corrected chi connectivity index (χ4v) is 3.68. The quantitative estimate of drug-likeness (QED) is 0.440. The summed E-state index contributed by atoms with van der Waals surface area (Å²) in [6.07, 6.45) is 0.951. The average molecular weight is 404 g/mol. The first-order valence-electron chi connectivity index (χ1n) is 9.62. The van der Waals surface area contributed by atoms with Crippen molar-refractivity contribution in [3.63, 3.8) is 0 Å². The highest BCUT2D eigenvalue weighted by Gasteiger charge is 2.16. The minimum absolute atomic E-state index is 0.0663. The number of fused-ring (bicyclic) bond motifs is 1. The number of hydrogen-bond acceptors (Lipinski definition) is 2. The van der Waals surface area contributed by atoms with E-state index in [4.69, 9.17) is 16.6 Å². The predicted octanol–water partition coefficient (Wildman–Crippen LogP) is 5.27. The third kappa shape index (κ3) is 4.17. The molecular weight excluding hydrogens is 382 g/mol. The molecule has 1 aromatic heterocycles. The fourth-order valence-electron chi connectivity index (χ4n) is 3.49. The molecule has 0 bridgehead atoms. The lowest BCUT2D eigenvalue weighted by Crippen LogP contribution is -2.26. The van der Waals surface area contributed by atoms with Crippen LogP contribution in [0.4, 0.5) is 0 Å². The zero-order valence-electron chi connectivity index (χ0n) is 16.3. The van der Waals surface area contributed by atoms with Crippen LogP contribution in [0.5, 0.6) is 0 Å². The lowest BCUT2D eigenvalue weighted by atomic mass is 10.2. The summed E-state index contributed by atoms with van der Waals surface area (Å²) < 4.78 is 2.14. The number of imidazole rings is 1. The second-order valence-electron chi connectivity index (χ2n) is 7.03. The largest absolute Gasteiger partial charge is 0.341 e. The zero-order valence-corrected chi connectivity index (χ0v) is 17.0. The molecule has 0 N–H and O–H groups in total. The monoisotopic (exact) mass is 403 g/mol. The number of carbonyl (C=O) groups excluding carboxylic acids is 1. The summed E-state index contributed by atoms with van der Waals surface area (Å²) >= 11 is 6.23. The van der Waals surface area contributed by atoms with Crippen LogP contribution in [-0.4, -0.2) is 27.4 Å². The molecule has 0 aliphatic heterocycles. The van der Waals surface area contributed by atoms with Gasteiger partial charge in [0.1, 0.15) is 5.82 Å². The van der Waals surface area contributed by atoms with Gasteiger partial charge in [-0.2, -0.15) is 0 Å². The number of aryl methyl sites for hydroxylation is 1. The summed E-state index contributed by atoms with van der Waals surface area (Å²) in [6.45, 7) is 0.494. The lowest BCUT2D eigenvalue weighted by Gasteiger charge is -2.18. The first kappa shape index (κ1) is 19.2. The van der Waals surface area contributed by atoms with Gasteiger partial charge in [0.2, 0.25) is 5.91 Å². The van der Waals surface area contributed by atoms with Crippen LogP contribution in [0.2, 0.25) is 5.02 Å². The number of hydrogen-bond donors (Lipinski definition) is 0. The lowest BCUT2D eigenvalue weighted by molar-refractivity contribution is -0.130. The number of amides is 1. The van der Waals surface area contributed by atoms with Gasteiger partial charge in [-0.05, 0) is 35.9 Å². The minimum atomic E-state index is 0.0663. The van der Waals surface area contributed by atoms with Crippen LogP contribution in [0.1, 0.15) is 17.8 Å². The van der Waals surface area contributed by atoms with Gasteiger partial charge in [0, 0.05) is 37.1 Å². The second-order valence-corrected chi connectivity index (χ2v) is 7.44. The Morgan fingerprint density at radius 1 is 0.966 bits per heavy atom. The maximum absolute atomic E-state index is 12.7. The van der Waals surface area contributed by atoms with Crippen LogP contribution >= 0.6 is 11.6 Å². The molecule has 0 saturated heterocycles. The molecule has 5 heteroatoms. The Balaban J connectivity index is 1.54. The van der Waals surface area contributed by atoms with Gasteiger partial charge in [-0.15, -0.1) is 0 Å². The summed E-state index contributed by atoms with van der Waals surface area (Å²) in [7, 11) is 1.81. The van der Waals surface area contributed by atoms with E-state index in [-0.39, 0.29) is 5.91 Å². The van der Waals surface area contributed by atoms with Gasteiger partial charge in [-0.3, -0.25) is 9.36 Å². The van der Waals surface area contributed by atoms with Gasteiger partial charge in [0.25, 0.3) is 0 Å². The van der Waals surface area contributed by atoms with Crippen molar-refractivity contribution < 1.29 is 4.79 Å². The van der Waals surface area contributed by atoms with Gasteiger partial charge in [-0.25, -0.2) is 4.98 Å². The topological polar surface area (TPSA) is 38.1 Å². The van der Waals surface area contributed by atoms with Gasteiger partial charge in [-0.1, -0.05) is 60.1 Å². The second kappa shape index (κ2) is 8.50. The van der Waals surface area contributed by atoms with E-state index in [0.717, 1.165) is 28.1 Å². The molecule has 0 radical (unpaired) electrons. The third-order valence-electron chi connectivity index (χ3n) is 5.00. The number of benzene rings is 3. The Labute approximate surface area is 175 Å². The highest BCUT2D eigenvalue weighted by Crippen LogP contribution is 2.23. The molecule has 0 atom stereocenters. The van der Waals surface area contributed by atoms with Gasteiger partial charge < -0.3 is 4.90 Å². The Kier molecular flexibility index (Phi) is 5.63. The van der Waals surface area contributed by atoms with E-state index < -0.39 is 0 Å². The van der Waals surface area contributed by atoms with Crippen molar-refractivity contribution in [3.8, 4) is 5.69 Å². The van der Waals surface area contributed by atoms with Crippen molar-refractivity contribution in [1.82, 2.24) is 14.5 Å². The number of carbonyl (C=O) groups is 1. The molecule has 1 heterocycles. The molecule has 1 amide bonds. The van der Waals surface area contributed by atoms with Gasteiger partial charge in [0.15, 0.2) is 0 Å². The van der Waals surface area contributed by atoms with Crippen LogP contribution in [0, 0.1) is 0 Å². The standard InChI is InChI=1S/C24H22ClN3O/c1-27(17-18-9-5-6-12-20(18)25)24(29)16-15-23-26-21-13-7-8-14-22(21)28(23)19-10-3-2-4-11-19/h2-14H,15-17H2,1H3. The normalized spacial score (nSPS) is 11.0. The van der Waals surface area contributed by atoms with E-state index in [1.165, 1.54) is 0 Å². The summed E-state index contributed by atoms with van der Waals surface area (Å²) in [5, 5.41) is 0.679. The highest BCUT2D eigenvalue weighted by atomic mass is 35.5. The van der Waals surface area contributed by atoms with E-state index in [0.29, 0.717) is 24.4 Å². The highest BCUT2D eigenvalue weighted by molar-refractivity contribution is 6.31. The molecule has 4 rings (SSSR count). The molecule has 0 saturated carbocycles. The van der Waals surface area contributed by atoms with Crippen molar-refractivity contribution in [1.29, 1.82) is 0 Å². The van der Waals surface area contributed by atoms with E-state index in [9.17, 15) is 4.79 Å². The average Bonchev–Trinajstić information content (AvgIpc) is 3.12. The SMILES string of the molecule is CN(Cc1ccccc1Cl)C(=O)CCc1nc2ccccc2n1-c1ccccc1. The molecule has 0 fully saturated rings. The van der Waals surface area contributed by atoms with Gasteiger partial charge in [0.05, 0.1) is 11.0 Å². The Morgan fingerprint density at radius 2 is 1.66 bits per heavy atom. The van der Waals surface area contributed by atoms with Crippen LogP contribution in [-0.2, 0) is 17.8 Å². The van der Waals surface area contributed by atoms with Crippen LogP contribution in [0.15, 0.2) is 78.9 Å². The number of para-hydroxylation sites is 3. The molecular formula is C24H22ClN3O. The van der Waals surface area contributed by atoms with Crippen molar-refractivity contribution in [3.05, 3.63) is 95.3 Å². The first-order chi connectivity index (χ1) is 14.1. The summed E-state index contributed by atoms with van der Waals surface area (Å²) in [5.41, 5.74) is 3.98. The van der Waals surface area contributed by atoms with Crippen molar-refractivity contribution in [2.24, 2.45) is 0 Å². The van der Waals surface area contributed by atoms with Crippen molar-refractivity contribution in [2.45, 2.75) is 19.4 Å². The summed E-state index contributed by atoms with van der Waals surface area (Å²) in [6, 6.07) is 25.8. The first-order valence-corrected chi connectivity index (χ1v) is 10.0.